The van der Waals surface area contributed by atoms with E-state index >= 15 is 0 Å². The van der Waals surface area contributed by atoms with Crippen LogP contribution in [0.5, 0.6) is 0 Å². The molecular weight excluding hydrogens is 771 g/mol. The molecule has 5 rings (SSSR count). The first-order chi connectivity index (χ1) is 28.3. The maximum Gasteiger partial charge on any atom is 0.410 e. The minimum atomic E-state index is -1.36. The van der Waals surface area contributed by atoms with Crippen LogP contribution in [0.25, 0.3) is 11.3 Å². The highest BCUT2D eigenvalue weighted by Crippen LogP contribution is 2.45. The molecule has 1 N–H and O–H groups in total. The number of aliphatic hydroxyl groups excluding tert-OH is 1. The Morgan fingerprint density at radius 2 is 1.68 bits per heavy atom. The Morgan fingerprint density at radius 1 is 0.983 bits per heavy atom. The van der Waals surface area contributed by atoms with Gasteiger partial charge in [-0.2, -0.15) is 0 Å². The molecule has 5 heterocycles. The van der Waals surface area contributed by atoms with Crippen LogP contribution in [0.2, 0.25) is 0 Å². The number of hydrogen-bond acceptors (Lipinski definition) is 13. The number of amides is 1. The summed E-state index contributed by atoms with van der Waals surface area (Å²) in [5.41, 5.74) is 0.0435. The summed E-state index contributed by atoms with van der Waals surface area (Å²) in [5.74, 6) is -4.92. The Hall–Kier alpha value is -3.76. The molecule has 0 radical (unpaired) electrons. The van der Waals surface area contributed by atoms with Crippen molar-refractivity contribution in [2.24, 2.45) is 23.7 Å². The van der Waals surface area contributed by atoms with E-state index in [1.54, 1.807) is 31.3 Å². The SMILES string of the molecule is CC[C@H]1OC(=O)[C@H](C)C(=O)[C@H](C)[C@@H](OC2O[C@H](C)C[C@H](N(C)C)[C@H]2O)[C@@](C)(OC)C[C@@H](C)C(=O)[C@H](C)[C@H]2N(CCCCn3cnc(-c4ccc(C)nc4)c3)C(=O)O[C@]12CC. The maximum absolute atomic E-state index is 14.8. The number of ketones is 2. The zero-order valence-electron chi connectivity index (χ0n) is 37.8. The molecule has 1 unspecified atom stereocenters. The van der Waals surface area contributed by atoms with E-state index in [1.165, 1.54) is 14.0 Å². The summed E-state index contributed by atoms with van der Waals surface area (Å²) in [6.07, 6.45) is 3.12. The number of Topliss-reactive ketones (excluding diaryl/α,β-unsaturated/α-hetero) is 2. The summed E-state index contributed by atoms with van der Waals surface area (Å²) in [6, 6.07) is 2.88. The van der Waals surface area contributed by atoms with E-state index in [0.717, 1.165) is 17.0 Å². The van der Waals surface area contributed by atoms with Crippen LogP contribution in [0.1, 0.15) is 99.6 Å². The molecule has 2 aromatic rings. The first kappa shape index (κ1) is 47.3. The third-order valence-electron chi connectivity index (χ3n) is 13.4. The van der Waals surface area contributed by atoms with Crippen LogP contribution in [0.15, 0.2) is 30.9 Å². The Bertz CT molecular complexity index is 1800. The number of aliphatic hydroxyl groups is 1. The molecule has 0 spiro atoms. The van der Waals surface area contributed by atoms with Gasteiger partial charge in [0, 0.05) is 67.6 Å². The number of fused-ring (bicyclic) bond motifs is 1. The molecule has 60 heavy (non-hydrogen) atoms. The van der Waals surface area contributed by atoms with Crippen molar-refractivity contribution in [2.45, 2.75) is 161 Å². The number of aryl methyl sites for hydroxylation is 2. The minimum Gasteiger partial charge on any atom is -0.457 e. The van der Waals surface area contributed by atoms with Gasteiger partial charge in [0.2, 0.25) is 0 Å². The third kappa shape index (κ3) is 9.65. The second-order valence-electron chi connectivity index (χ2n) is 17.9. The predicted octanol–water partition coefficient (Wildman–Crippen LogP) is 5.63. The van der Waals surface area contributed by atoms with Crippen LogP contribution in [0.3, 0.4) is 0 Å². The summed E-state index contributed by atoms with van der Waals surface area (Å²) >= 11 is 0. The number of aromatic nitrogens is 3. The van der Waals surface area contributed by atoms with Gasteiger partial charge in [0.05, 0.1) is 35.9 Å². The second kappa shape index (κ2) is 19.5. The summed E-state index contributed by atoms with van der Waals surface area (Å²) in [6.45, 7) is 17.1. The fourth-order valence-electron chi connectivity index (χ4n) is 9.82. The Balaban J connectivity index is 1.45. The number of carbonyl (C=O) groups excluding carboxylic acids is 4. The average molecular weight is 840 g/mol. The molecule has 0 saturated carbocycles. The van der Waals surface area contributed by atoms with Gasteiger partial charge < -0.3 is 43.2 Å². The van der Waals surface area contributed by atoms with Gasteiger partial charge in [-0.05, 0) is 92.4 Å². The Labute approximate surface area is 355 Å². The first-order valence-corrected chi connectivity index (χ1v) is 21.7. The van der Waals surface area contributed by atoms with Gasteiger partial charge in [-0.1, -0.05) is 34.6 Å². The van der Waals surface area contributed by atoms with Crippen LogP contribution < -0.4 is 0 Å². The van der Waals surface area contributed by atoms with Gasteiger partial charge in [0.1, 0.15) is 23.9 Å². The largest absolute Gasteiger partial charge is 0.457 e. The average Bonchev–Trinajstić information content (AvgIpc) is 3.81. The quantitative estimate of drug-likeness (QED) is 0.159. The normalized spacial score (nSPS) is 35.9. The van der Waals surface area contributed by atoms with Crippen molar-refractivity contribution >= 4 is 23.6 Å². The lowest BCUT2D eigenvalue weighted by Crippen LogP contribution is -2.61. The number of cyclic esters (lactones) is 1. The van der Waals surface area contributed by atoms with E-state index in [9.17, 15) is 24.3 Å². The zero-order chi connectivity index (χ0) is 44.3. The van der Waals surface area contributed by atoms with Crippen LogP contribution in [-0.2, 0) is 44.6 Å². The molecule has 3 saturated heterocycles. The van der Waals surface area contributed by atoms with Crippen molar-refractivity contribution in [3.63, 3.8) is 0 Å². The van der Waals surface area contributed by atoms with Crippen LogP contribution in [-0.4, -0.2) is 135 Å². The molecular formula is C45H69N5O10. The first-order valence-electron chi connectivity index (χ1n) is 21.7. The highest BCUT2D eigenvalue weighted by Gasteiger charge is 2.62. The number of ether oxygens (including phenoxy) is 5. The summed E-state index contributed by atoms with van der Waals surface area (Å²) < 4.78 is 33.5. The Morgan fingerprint density at radius 3 is 2.30 bits per heavy atom. The maximum atomic E-state index is 14.8. The minimum absolute atomic E-state index is 0.132. The fraction of sp³-hybridized carbons (Fsp3) is 0.733. The van der Waals surface area contributed by atoms with Crippen molar-refractivity contribution < 1.29 is 48.0 Å². The number of esters is 1. The van der Waals surface area contributed by atoms with Gasteiger partial charge in [-0.25, -0.2) is 9.78 Å². The molecule has 0 bridgehead atoms. The molecule has 0 aromatic carbocycles. The fourth-order valence-corrected chi connectivity index (χ4v) is 9.82. The molecule has 3 fully saturated rings. The van der Waals surface area contributed by atoms with Crippen molar-refractivity contribution in [2.75, 3.05) is 27.7 Å². The number of carbonyl (C=O) groups is 4. The van der Waals surface area contributed by atoms with Crippen molar-refractivity contribution in [1.82, 2.24) is 24.3 Å². The van der Waals surface area contributed by atoms with E-state index in [0.29, 0.717) is 32.4 Å². The lowest BCUT2D eigenvalue weighted by atomic mass is 9.72. The van der Waals surface area contributed by atoms with Gasteiger partial charge >= 0.3 is 12.1 Å². The van der Waals surface area contributed by atoms with Crippen LogP contribution in [0, 0.1) is 30.6 Å². The standard InChI is InChI=1S/C45H69N5O10/c1-13-35-45(14-2)39(50(43(55)60-45)20-16-15-19-49-24-33(47-25-49)32-18-17-27(4)46-23-32)29(6)36(51)26(3)22-44(9,56-12)40(30(7)37(52)31(8)41(54)58-35)59-42-38(53)34(48(10)11)21-28(5)57-42/h17-18,23-26,28-31,34-35,38-40,42,53H,13-16,19-22H2,1-12H3/t26-,28-,29+,30+,31-,34+,35-,38-,39-,40-,42?,44+,45-/m1/s1. The lowest BCUT2D eigenvalue weighted by molar-refractivity contribution is -0.295. The predicted molar refractivity (Wildman–Crippen MR) is 224 cm³/mol. The smallest absolute Gasteiger partial charge is 0.410 e. The molecule has 15 nitrogen and oxygen atoms in total. The number of hydrogen-bond donors (Lipinski definition) is 1. The van der Waals surface area contributed by atoms with Gasteiger partial charge in [-0.15, -0.1) is 0 Å². The van der Waals surface area contributed by atoms with Crippen molar-refractivity contribution in [3.8, 4) is 11.3 Å². The number of nitrogens with zero attached hydrogens (tertiary/aromatic N) is 5. The van der Waals surface area contributed by atoms with E-state index < -0.39 is 83.4 Å². The van der Waals surface area contributed by atoms with E-state index in [1.807, 2.05) is 83.4 Å². The highest BCUT2D eigenvalue weighted by molar-refractivity contribution is 6.00. The summed E-state index contributed by atoms with van der Waals surface area (Å²) in [5, 5.41) is 11.5. The topological polar surface area (TPSA) is 172 Å². The number of rotatable bonds is 12. The van der Waals surface area contributed by atoms with Crippen molar-refractivity contribution in [1.29, 1.82) is 0 Å². The van der Waals surface area contributed by atoms with Gasteiger partial charge in [0.25, 0.3) is 0 Å². The van der Waals surface area contributed by atoms with Crippen LogP contribution in [0.4, 0.5) is 4.79 Å². The monoisotopic (exact) mass is 840 g/mol. The van der Waals surface area contributed by atoms with Gasteiger partial charge in [-0.3, -0.25) is 19.4 Å². The summed E-state index contributed by atoms with van der Waals surface area (Å²) in [4.78, 5) is 69.8. The van der Waals surface area contributed by atoms with E-state index in [4.69, 9.17) is 23.7 Å². The highest BCUT2D eigenvalue weighted by atomic mass is 16.7. The van der Waals surface area contributed by atoms with E-state index in [2.05, 4.69) is 9.97 Å². The van der Waals surface area contributed by atoms with Crippen molar-refractivity contribution in [3.05, 3.63) is 36.5 Å². The molecule has 3 aliphatic rings. The number of imidazole rings is 1. The van der Waals surface area contributed by atoms with E-state index in [-0.39, 0.29) is 37.2 Å². The molecule has 13 atom stereocenters. The molecule has 0 aliphatic carbocycles. The summed E-state index contributed by atoms with van der Waals surface area (Å²) in [7, 11) is 5.25. The molecule has 15 heteroatoms. The second-order valence-corrected chi connectivity index (χ2v) is 17.9. The number of likely N-dealkylation sites (N-methyl/N-ethyl adjacent to an activating group) is 1. The Kier molecular flexibility index (Phi) is 15.4. The third-order valence-corrected chi connectivity index (χ3v) is 13.4. The lowest BCUT2D eigenvalue weighted by Gasteiger charge is -2.47. The van der Waals surface area contributed by atoms with Gasteiger partial charge in [0.15, 0.2) is 17.7 Å². The molecule has 3 aliphatic heterocycles. The molecule has 1 amide bonds. The number of methoxy groups -OCH3 is 1. The molecule has 2 aromatic heterocycles. The zero-order valence-corrected chi connectivity index (χ0v) is 37.8. The van der Waals surface area contributed by atoms with Crippen LogP contribution >= 0.6 is 0 Å². The number of pyridine rings is 1. The molecule has 334 valence electrons. The number of unbranched alkanes of at least 4 members (excludes halogenated alkanes) is 1.